The lowest BCUT2D eigenvalue weighted by atomic mass is 10.1. The zero-order valence-corrected chi connectivity index (χ0v) is 8.68. The van der Waals surface area contributed by atoms with Crippen molar-refractivity contribution in [3.63, 3.8) is 0 Å². The van der Waals surface area contributed by atoms with Crippen LogP contribution in [0.25, 0.3) is 0 Å². The van der Waals surface area contributed by atoms with E-state index in [4.69, 9.17) is 9.47 Å². The van der Waals surface area contributed by atoms with E-state index in [1.807, 2.05) is 24.3 Å². The summed E-state index contributed by atoms with van der Waals surface area (Å²) in [6.07, 6.45) is 0.440. The highest BCUT2D eigenvalue weighted by atomic mass is 16.7. The maximum atomic E-state index is 10.6. The van der Waals surface area contributed by atoms with Crippen LogP contribution in [0.1, 0.15) is 18.1 Å². The van der Waals surface area contributed by atoms with Gasteiger partial charge in [0.05, 0.1) is 19.1 Å². The first-order chi connectivity index (χ1) is 7.31. The second kappa shape index (κ2) is 4.55. The first kappa shape index (κ1) is 10.3. The summed E-state index contributed by atoms with van der Waals surface area (Å²) in [6.45, 7) is 2.83. The zero-order valence-electron chi connectivity index (χ0n) is 8.68. The fourth-order valence-corrected chi connectivity index (χ4v) is 1.60. The average molecular weight is 206 g/mol. The van der Waals surface area contributed by atoms with Gasteiger partial charge in [-0.2, -0.15) is 0 Å². The molecular formula is C12H14O3. The molecule has 1 aliphatic rings. The molecule has 1 atom stereocenters. The SMILES string of the molecule is C[C@H](C=O)C1OCc2ccccc2CO1. The van der Waals surface area contributed by atoms with Gasteiger partial charge in [0.25, 0.3) is 0 Å². The Morgan fingerprint density at radius 3 is 2.27 bits per heavy atom. The summed E-state index contributed by atoms with van der Waals surface area (Å²) in [4.78, 5) is 10.6. The maximum Gasteiger partial charge on any atom is 0.167 e. The number of carbonyl (C=O) groups excluding carboxylic acids is 1. The van der Waals surface area contributed by atoms with Gasteiger partial charge in [-0.3, -0.25) is 0 Å². The van der Waals surface area contributed by atoms with Crippen molar-refractivity contribution in [3.05, 3.63) is 35.4 Å². The van der Waals surface area contributed by atoms with Gasteiger partial charge in [-0.15, -0.1) is 0 Å². The van der Waals surface area contributed by atoms with E-state index < -0.39 is 6.29 Å². The van der Waals surface area contributed by atoms with Crippen molar-refractivity contribution in [1.82, 2.24) is 0 Å². The number of ether oxygens (including phenoxy) is 2. The first-order valence-corrected chi connectivity index (χ1v) is 5.06. The van der Waals surface area contributed by atoms with Gasteiger partial charge < -0.3 is 14.3 Å². The topological polar surface area (TPSA) is 35.5 Å². The van der Waals surface area contributed by atoms with Gasteiger partial charge in [-0.05, 0) is 11.1 Å². The van der Waals surface area contributed by atoms with Gasteiger partial charge >= 0.3 is 0 Å². The minimum atomic E-state index is -0.421. The van der Waals surface area contributed by atoms with Crippen molar-refractivity contribution in [1.29, 1.82) is 0 Å². The third kappa shape index (κ3) is 2.25. The summed E-state index contributed by atoms with van der Waals surface area (Å²) in [5.74, 6) is -0.223. The van der Waals surface area contributed by atoms with Gasteiger partial charge in [0.2, 0.25) is 0 Å². The molecule has 1 aliphatic heterocycles. The lowest BCUT2D eigenvalue weighted by Gasteiger charge is -2.17. The quantitative estimate of drug-likeness (QED) is 0.693. The molecule has 0 N–H and O–H groups in total. The molecule has 1 aromatic carbocycles. The molecule has 0 aliphatic carbocycles. The molecule has 0 amide bonds. The van der Waals surface area contributed by atoms with Gasteiger partial charge in [0.15, 0.2) is 6.29 Å². The van der Waals surface area contributed by atoms with Crippen LogP contribution >= 0.6 is 0 Å². The largest absolute Gasteiger partial charge is 0.347 e. The average Bonchev–Trinajstić information content (AvgIpc) is 2.50. The van der Waals surface area contributed by atoms with E-state index >= 15 is 0 Å². The molecule has 0 bridgehead atoms. The molecule has 0 saturated heterocycles. The fourth-order valence-electron chi connectivity index (χ4n) is 1.60. The van der Waals surface area contributed by atoms with E-state index in [0.717, 1.165) is 17.4 Å². The Morgan fingerprint density at radius 1 is 1.27 bits per heavy atom. The second-order valence-electron chi connectivity index (χ2n) is 3.75. The number of hydrogen-bond donors (Lipinski definition) is 0. The lowest BCUT2D eigenvalue weighted by Crippen LogP contribution is -2.24. The Balaban J connectivity index is 2.11. The Morgan fingerprint density at radius 2 is 1.80 bits per heavy atom. The molecular weight excluding hydrogens is 192 g/mol. The molecule has 0 fully saturated rings. The number of benzene rings is 1. The van der Waals surface area contributed by atoms with Gasteiger partial charge in [0, 0.05) is 0 Å². The van der Waals surface area contributed by atoms with Crippen molar-refractivity contribution in [2.24, 2.45) is 5.92 Å². The molecule has 0 aromatic heterocycles. The van der Waals surface area contributed by atoms with Gasteiger partial charge in [-0.1, -0.05) is 31.2 Å². The van der Waals surface area contributed by atoms with Gasteiger partial charge in [-0.25, -0.2) is 0 Å². The van der Waals surface area contributed by atoms with Crippen LogP contribution in [0.5, 0.6) is 0 Å². The predicted octanol–water partition coefficient (Wildman–Crippen LogP) is 1.89. The summed E-state index contributed by atoms with van der Waals surface area (Å²) in [5, 5.41) is 0. The van der Waals surface area contributed by atoms with Crippen molar-refractivity contribution >= 4 is 6.29 Å². The Kier molecular flexibility index (Phi) is 3.14. The standard InChI is InChI=1S/C12H14O3/c1-9(6-13)12-14-7-10-4-2-3-5-11(10)8-15-12/h2-6,9,12H,7-8H2,1H3/t9-/m1/s1. The van der Waals surface area contributed by atoms with Crippen molar-refractivity contribution in [3.8, 4) is 0 Å². The minimum Gasteiger partial charge on any atom is -0.347 e. The van der Waals surface area contributed by atoms with Crippen LogP contribution in [0, 0.1) is 5.92 Å². The van der Waals surface area contributed by atoms with Gasteiger partial charge in [0.1, 0.15) is 6.29 Å². The second-order valence-corrected chi connectivity index (χ2v) is 3.75. The normalized spacial score (nSPS) is 19.0. The highest BCUT2D eigenvalue weighted by Crippen LogP contribution is 2.20. The highest BCUT2D eigenvalue weighted by Gasteiger charge is 2.21. The van der Waals surface area contributed by atoms with Crippen LogP contribution in [0.4, 0.5) is 0 Å². The van der Waals surface area contributed by atoms with Crippen LogP contribution < -0.4 is 0 Å². The maximum absolute atomic E-state index is 10.6. The van der Waals surface area contributed by atoms with Crippen LogP contribution in [-0.2, 0) is 27.5 Å². The van der Waals surface area contributed by atoms with Crippen LogP contribution in [0.15, 0.2) is 24.3 Å². The van der Waals surface area contributed by atoms with E-state index in [1.165, 1.54) is 0 Å². The molecule has 0 unspecified atom stereocenters. The van der Waals surface area contributed by atoms with E-state index in [1.54, 1.807) is 6.92 Å². The molecule has 0 saturated carbocycles. The fraction of sp³-hybridized carbons (Fsp3) is 0.417. The number of aldehydes is 1. The Bertz CT molecular complexity index is 321. The van der Waals surface area contributed by atoms with Crippen LogP contribution in [0.2, 0.25) is 0 Å². The summed E-state index contributed by atoms with van der Waals surface area (Å²) < 4.78 is 11.1. The number of carbonyl (C=O) groups is 1. The summed E-state index contributed by atoms with van der Waals surface area (Å²) in [7, 11) is 0. The van der Waals surface area contributed by atoms with Crippen molar-refractivity contribution in [2.75, 3.05) is 0 Å². The molecule has 2 rings (SSSR count). The third-order valence-electron chi connectivity index (χ3n) is 2.57. The summed E-state index contributed by atoms with van der Waals surface area (Å²) >= 11 is 0. The van der Waals surface area contributed by atoms with Crippen molar-refractivity contribution < 1.29 is 14.3 Å². The molecule has 3 heteroatoms. The number of rotatable bonds is 2. The van der Waals surface area contributed by atoms with Crippen LogP contribution in [-0.4, -0.2) is 12.6 Å². The first-order valence-electron chi connectivity index (χ1n) is 5.06. The Hall–Kier alpha value is -1.19. The molecule has 1 aromatic rings. The van der Waals surface area contributed by atoms with E-state index in [2.05, 4.69) is 0 Å². The molecule has 80 valence electrons. The predicted molar refractivity (Wildman–Crippen MR) is 55.0 cm³/mol. The van der Waals surface area contributed by atoms with E-state index in [0.29, 0.717) is 13.2 Å². The third-order valence-corrected chi connectivity index (χ3v) is 2.57. The van der Waals surface area contributed by atoms with E-state index in [9.17, 15) is 4.79 Å². The van der Waals surface area contributed by atoms with E-state index in [-0.39, 0.29) is 5.92 Å². The summed E-state index contributed by atoms with van der Waals surface area (Å²) in [5.41, 5.74) is 2.27. The number of fused-ring (bicyclic) bond motifs is 1. The smallest absolute Gasteiger partial charge is 0.167 e. The van der Waals surface area contributed by atoms with Crippen LogP contribution in [0.3, 0.4) is 0 Å². The minimum absolute atomic E-state index is 0.223. The monoisotopic (exact) mass is 206 g/mol. The molecule has 0 spiro atoms. The lowest BCUT2D eigenvalue weighted by molar-refractivity contribution is -0.175. The Labute approximate surface area is 89.0 Å². The molecule has 3 nitrogen and oxygen atoms in total. The highest BCUT2D eigenvalue weighted by molar-refractivity contribution is 5.53. The van der Waals surface area contributed by atoms with Crippen molar-refractivity contribution in [2.45, 2.75) is 26.4 Å². The number of hydrogen-bond acceptors (Lipinski definition) is 3. The molecule has 1 heterocycles. The summed E-state index contributed by atoms with van der Waals surface area (Å²) in [6, 6.07) is 8.00. The zero-order chi connectivity index (χ0) is 10.7. The molecule has 0 radical (unpaired) electrons. The molecule has 15 heavy (non-hydrogen) atoms.